The van der Waals surface area contributed by atoms with Crippen molar-refractivity contribution in [3.63, 3.8) is 0 Å². The molecule has 0 spiro atoms. The van der Waals surface area contributed by atoms with Gasteiger partial charge in [0.2, 0.25) is 0 Å². The third kappa shape index (κ3) is 4.29. The molecule has 7 heteroatoms. The number of carboxylic acid groups (broad SMARTS) is 1. The van der Waals surface area contributed by atoms with Crippen LogP contribution in [0.1, 0.15) is 53.0 Å². The van der Waals surface area contributed by atoms with Gasteiger partial charge in [0, 0.05) is 12.6 Å². The van der Waals surface area contributed by atoms with Gasteiger partial charge in [-0.2, -0.15) is 0 Å². The largest absolute Gasteiger partial charge is 0.480 e. The van der Waals surface area contributed by atoms with E-state index in [9.17, 15) is 14.4 Å². The van der Waals surface area contributed by atoms with E-state index in [2.05, 4.69) is 19.2 Å². The molecule has 0 aliphatic heterocycles. The first-order valence-electron chi connectivity index (χ1n) is 8.21. The summed E-state index contributed by atoms with van der Waals surface area (Å²) >= 11 is 1.22. The van der Waals surface area contributed by atoms with E-state index in [4.69, 9.17) is 5.11 Å². The fourth-order valence-electron chi connectivity index (χ4n) is 2.30. The zero-order valence-corrected chi connectivity index (χ0v) is 16.0. The molecule has 2 N–H and O–H groups in total. The molecule has 2 amide bonds. The highest BCUT2D eigenvalue weighted by atomic mass is 32.1. The van der Waals surface area contributed by atoms with Gasteiger partial charge in [-0.1, -0.05) is 26.0 Å². The first kappa shape index (κ1) is 19.7. The first-order valence-corrected chi connectivity index (χ1v) is 9.09. The Morgan fingerprint density at radius 3 is 2.23 bits per heavy atom. The van der Waals surface area contributed by atoms with Gasteiger partial charge in [0.25, 0.3) is 11.8 Å². The van der Waals surface area contributed by atoms with Crippen LogP contribution in [0.25, 0.3) is 0 Å². The Labute approximate surface area is 156 Å². The van der Waals surface area contributed by atoms with E-state index in [1.165, 1.54) is 25.3 Å². The zero-order chi connectivity index (χ0) is 19.4. The van der Waals surface area contributed by atoms with Crippen molar-refractivity contribution in [3.05, 3.63) is 52.4 Å². The second kappa shape index (κ2) is 8.14. The quantitative estimate of drug-likeness (QED) is 0.808. The van der Waals surface area contributed by atoms with Gasteiger partial charge in [-0.25, -0.2) is 4.79 Å². The molecule has 6 nitrogen and oxygen atoms in total. The summed E-state index contributed by atoms with van der Waals surface area (Å²) in [6.07, 6.45) is 0. The van der Waals surface area contributed by atoms with Gasteiger partial charge in [0.05, 0.1) is 5.56 Å². The molecule has 0 aliphatic carbocycles. The zero-order valence-electron chi connectivity index (χ0n) is 15.1. The van der Waals surface area contributed by atoms with E-state index in [-0.39, 0.29) is 11.5 Å². The molecule has 26 heavy (non-hydrogen) atoms. The second-order valence-corrected chi connectivity index (χ2v) is 7.24. The Hall–Kier alpha value is -2.67. The fraction of sp³-hybridized carbons (Fsp3) is 0.316. The van der Waals surface area contributed by atoms with Crippen molar-refractivity contribution in [3.8, 4) is 0 Å². The molecular formula is C19H22N2O4S. The minimum absolute atomic E-state index is 0.276. The van der Waals surface area contributed by atoms with Crippen LogP contribution in [0.3, 0.4) is 0 Å². The molecule has 0 saturated carbocycles. The predicted octanol–water partition coefficient (Wildman–Crippen LogP) is 3.67. The maximum atomic E-state index is 12.5. The van der Waals surface area contributed by atoms with Crippen molar-refractivity contribution >= 4 is 34.1 Å². The number of amides is 2. The predicted molar refractivity (Wildman–Crippen MR) is 102 cm³/mol. The minimum atomic E-state index is -1.09. The summed E-state index contributed by atoms with van der Waals surface area (Å²) in [5, 5.41) is 13.9. The third-order valence-corrected chi connectivity index (χ3v) is 5.05. The van der Waals surface area contributed by atoms with Gasteiger partial charge in [-0.15, -0.1) is 11.3 Å². The Bertz CT molecular complexity index is 811. The molecular weight excluding hydrogens is 352 g/mol. The summed E-state index contributed by atoms with van der Waals surface area (Å²) in [5.41, 5.74) is 1.91. The number of hydrogen-bond acceptors (Lipinski definition) is 4. The monoisotopic (exact) mass is 374 g/mol. The van der Waals surface area contributed by atoms with Gasteiger partial charge in [-0.3, -0.25) is 9.59 Å². The van der Waals surface area contributed by atoms with Gasteiger partial charge in [0.15, 0.2) is 0 Å². The number of nitrogens with one attached hydrogen (secondary N) is 1. The van der Waals surface area contributed by atoms with Crippen molar-refractivity contribution in [2.45, 2.75) is 32.7 Å². The molecule has 0 bridgehead atoms. The van der Waals surface area contributed by atoms with Gasteiger partial charge in [0.1, 0.15) is 11.0 Å². The van der Waals surface area contributed by atoms with Gasteiger partial charge in [-0.05, 0) is 42.0 Å². The lowest BCUT2D eigenvalue weighted by Gasteiger charge is -2.21. The highest BCUT2D eigenvalue weighted by Crippen LogP contribution is 2.26. The van der Waals surface area contributed by atoms with Crippen LogP contribution < -0.4 is 5.32 Å². The van der Waals surface area contributed by atoms with Crippen LogP contribution in [0, 0.1) is 0 Å². The van der Waals surface area contributed by atoms with E-state index < -0.39 is 17.9 Å². The average Bonchev–Trinajstić information content (AvgIpc) is 3.07. The number of rotatable bonds is 6. The van der Waals surface area contributed by atoms with Crippen LogP contribution in [0.2, 0.25) is 0 Å². The van der Waals surface area contributed by atoms with Crippen LogP contribution in [0.4, 0.5) is 5.00 Å². The van der Waals surface area contributed by atoms with Crippen LogP contribution in [0.5, 0.6) is 0 Å². The molecule has 1 aromatic carbocycles. The van der Waals surface area contributed by atoms with Gasteiger partial charge >= 0.3 is 5.97 Å². The van der Waals surface area contributed by atoms with Crippen molar-refractivity contribution < 1.29 is 19.5 Å². The van der Waals surface area contributed by atoms with Crippen LogP contribution in [-0.4, -0.2) is 40.9 Å². The highest BCUT2D eigenvalue weighted by molar-refractivity contribution is 7.14. The Kier molecular flexibility index (Phi) is 6.15. The molecule has 0 aliphatic rings. The number of nitrogens with zero attached hydrogens (tertiary/aromatic N) is 1. The lowest BCUT2D eigenvalue weighted by Crippen LogP contribution is -2.40. The standard InChI is InChI=1S/C19H22N2O4S/c1-11(2)13-5-7-14(8-6-13)16(22)20-17-15(9-10-26-17)18(23)21(4)12(3)19(24)25/h5-12H,1-4H3,(H,20,22)(H,24,25). The summed E-state index contributed by atoms with van der Waals surface area (Å²) in [5.74, 6) is -1.48. The summed E-state index contributed by atoms with van der Waals surface area (Å²) in [7, 11) is 1.43. The second-order valence-electron chi connectivity index (χ2n) is 6.32. The highest BCUT2D eigenvalue weighted by Gasteiger charge is 2.25. The number of aliphatic carboxylic acids is 1. The SMILES string of the molecule is CC(C)c1ccc(C(=O)Nc2sccc2C(=O)N(C)C(C)C(=O)O)cc1. The maximum absolute atomic E-state index is 12.5. The van der Waals surface area contributed by atoms with E-state index >= 15 is 0 Å². The normalized spacial score (nSPS) is 11.9. The molecule has 2 aromatic rings. The van der Waals surface area contributed by atoms with E-state index in [1.807, 2.05) is 12.1 Å². The number of thiophene rings is 1. The van der Waals surface area contributed by atoms with Crippen LogP contribution in [0.15, 0.2) is 35.7 Å². The lowest BCUT2D eigenvalue weighted by molar-refractivity contribution is -0.141. The first-order chi connectivity index (χ1) is 12.2. The number of anilines is 1. The number of carboxylic acids is 1. The molecule has 1 aromatic heterocycles. The number of hydrogen-bond donors (Lipinski definition) is 2. The Balaban J connectivity index is 2.16. The van der Waals surface area contributed by atoms with Crippen molar-refractivity contribution in [2.75, 3.05) is 12.4 Å². The molecule has 138 valence electrons. The van der Waals surface area contributed by atoms with E-state index in [0.29, 0.717) is 16.5 Å². The van der Waals surface area contributed by atoms with E-state index in [1.54, 1.807) is 23.6 Å². The summed E-state index contributed by atoms with van der Waals surface area (Å²) in [4.78, 5) is 37.2. The third-order valence-electron chi connectivity index (χ3n) is 4.22. The number of carbonyl (C=O) groups is 3. The summed E-state index contributed by atoms with van der Waals surface area (Å²) in [6.45, 7) is 5.58. The minimum Gasteiger partial charge on any atom is -0.480 e. The number of benzene rings is 1. The lowest BCUT2D eigenvalue weighted by atomic mass is 10.0. The molecule has 0 radical (unpaired) electrons. The topological polar surface area (TPSA) is 86.7 Å². The number of carbonyl (C=O) groups excluding carboxylic acids is 2. The Morgan fingerprint density at radius 1 is 1.08 bits per heavy atom. The number of likely N-dealkylation sites (N-methyl/N-ethyl adjacent to an activating group) is 1. The molecule has 1 atom stereocenters. The Morgan fingerprint density at radius 2 is 1.69 bits per heavy atom. The molecule has 0 fully saturated rings. The van der Waals surface area contributed by atoms with Crippen molar-refractivity contribution in [1.82, 2.24) is 4.90 Å². The van der Waals surface area contributed by atoms with Crippen molar-refractivity contribution in [1.29, 1.82) is 0 Å². The molecule has 2 rings (SSSR count). The summed E-state index contributed by atoms with van der Waals surface area (Å²) in [6, 6.07) is 7.92. The fourth-order valence-corrected chi connectivity index (χ4v) is 3.07. The average molecular weight is 374 g/mol. The summed E-state index contributed by atoms with van der Waals surface area (Å²) < 4.78 is 0. The van der Waals surface area contributed by atoms with E-state index in [0.717, 1.165) is 10.5 Å². The van der Waals surface area contributed by atoms with Crippen LogP contribution >= 0.6 is 11.3 Å². The van der Waals surface area contributed by atoms with Gasteiger partial charge < -0.3 is 15.3 Å². The van der Waals surface area contributed by atoms with Crippen molar-refractivity contribution in [2.24, 2.45) is 0 Å². The van der Waals surface area contributed by atoms with Crippen LogP contribution in [-0.2, 0) is 4.79 Å². The maximum Gasteiger partial charge on any atom is 0.326 e. The molecule has 1 heterocycles. The molecule has 0 saturated heterocycles. The molecule has 1 unspecified atom stereocenters. The smallest absolute Gasteiger partial charge is 0.326 e.